The van der Waals surface area contributed by atoms with Gasteiger partial charge < -0.3 is 14.4 Å². The van der Waals surface area contributed by atoms with Gasteiger partial charge in [0, 0.05) is 25.3 Å². The zero-order valence-electron chi connectivity index (χ0n) is 6.78. The third kappa shape index (κ3) is 1.91. The van der Waals surface area contributed by atoms with Gasteiger partial charge in [0.2, 0.25) is 0 Å². The van der Waals surface area contributed by atoms with Crippen molar-refractivity contribution in [1.29, 1.82) is 0 Å². The lowest BCUT2D eigenvalue weighted by molar-refractivity contribution is 0.358. The highest BCUT2D eigenvalue weighted by atomic mass is 32.2. The van der Waals surface area contributed by atoms with E-state index in [9.17, 15) is 4.55 Å². The average Bonchev–Trinajstić information content (AvgIpc) is 2.05. The SMILES string of the molecule is C=C1N(C)C=C[S+]([O-])CN1C. The first-order chi connectivity index (χ1) is 5.11. The normalized spacial score (nSPS) is 25.7. The van der Waals surface area contributed by atoms with Crippen LogP contribution in [0.5, 0.6) is 0 Å². The van der Waals surface area contributed by atoms with Crippen LogP contribution < -0.4 is 0 Å². The van der Waals surface area contributed by atoms with E-state index in [2.05, 4.69) is 6.58 Å². The lowest BCUT2D eigenvalue weighted by Crippen LogP contribution is -2.27. The molecule has 0 aromatic heterocycles. The summed E-state index contributed by atoms with van der Waals surface area (Å²) in [5.41, 5.74) is 0. The minimum Gasteiger partial charge on any atom is -0.610 e. The van der Waals surface area contributed by atoms with E-state index in [1.54, 1.807) is 11.6 Å². The molecule has 0 aromatic carbocycles. The van der Waals surface area contributed by atoms with Crippen molar-refractivity contribution < 1.29 is 4.55 Å². The molecule has 0 spiro atoms. The monoisotopic (exact) mass is 172 g/mol. The fourth-order valence-corrected chi connectivity index (χ4v) is 1.76. The molecule has 0 fully saturated rings. The number of hydrogen-bond acceptors (Lipinski definition) is 3. The van der Waals surface area contributed by atoms with Gasteiger partial charge in [0.1, 0.15) is 11.2 Å². The third-order valence-corrected chi connectivity index (χ3v) is 2.67. The van der Waals surface area contributed by atoms with Crippen LogP contribution in [-0.2, 0) is 11.2 Å². The summed E-state index contributed by atoms with van der Waals surface area (Å²) in [6, 6.07) is 0. The van der Waals surface area contributed by atoms with Gasteiger partial charge in [-0.25, -0.2) is 0 Å². The van der Waals surface area contributed by atoms with Crippen molar-refractivity contribution in [2.45, 2.75) is 0 Å². The first-order valence-electron chi connectivity index (χ1n) is 3.29. The highest BCUT2D eigenvalue weighted by Gasteiger charge is 2.15. The molecule has 0 bridgehead atoms. The van der Waals surface area contributed by atoms with Crippen molar-refractivity contribution in [2.75, 3.05) is 20.0 Å². The van der Waals surface area contributed by atoms with Crippen LogP contribution in [0.15, 0.2) is 24.0 Å². The molecule has 62 valence electrons. The largest absolute Gasteiger partial charge is 0.610 e. The zero-order valence-corrected chi connectivity index (χ0v) is 7.60. The number of rotatable bonds is 0. The molecule has 4 heteroatoms. The van der Waals surface area contributed by atoms with E-state index < -0.39 is 11.2 Å². The molecular weight excluding hydrogens is 160 g/mol. The molecule has 0 saturated carbocycles. The van der Waals surface area contributed by atoms with Gasteiger partial charge in [0.25, 0.3) is 0 Å². The van der Waals surface area contributed by atoms with Gasteiger partial charge in [-0.1, -0.05) is 6.58 Å². The highest BCUT2D eigenvalue weighted by molar-refractivity contribution is 7.94. The topological polar surface area (TPSA) is 29.5 Å². The first kappa shape index (κ1) is 8.49. The van der Waals surface area contributed by atoms with Crippen LogP contribution in [0.2, 0.25) is 0 Å². The van der Waals surface area contributed by atoms with Crippen LogP contribution in [0.25, 0.3) is 0 Å². The van der Waals surface area contributed by atoms with Gasteiger partial charge in [-0.3, -0.25) is 0 Å². The Morgan fingerprint density at radius 1 is 1.64 bits per heavy atom. The lowest BCUT2D eigenvalue weighted by Gasteiger charge is -2.23. The molecule has 3 nitrogen and oxygen atoms in total. The molecule has 11 heavy (non-hydrogen) atoms. The summed E-state index contributed by atoms with van der Waals surface area (Å²) in [6.45, 7) is 3.84. The molecule has 1 atom stereocenters. The average molecular weight is 172 g/mol. The van der Waals surface area contributed by atoms with Crippen LogP contribution in [-0.4, -0.2) is 34.3 Å². The fourth-order valence-electron chi connectivity index (χ4n) is 0.823. The Kier molecular flexibility index (Phi) is 2.46. The maximum atomic E-state index is 11.1. The van der Waals surface area contributed by atoms with Gasteiger partial charge in [-0.05, 0) is 0 Å². The lowest BCUT2D eigenvalue weighted by atomic mass is 10.6. The molecule has 1 aliphatic rings. The molecule has 1 unspecified atom stereocenters. The fraction of sp³-hybridized carbons (Fsp3) is 0.429. The van der Waals surface area contributed by atoms with Crippen LogP contribution in [0.1, 0.15) is 0 Å². The smallest absolute Gasteiger partial charge is 0.184 e. The molecule has 0 aliphatic carbocycles. The molecule has 1 rings (SSSR count). The molecule has 0 radical (unpaired) electrons. The van der Waals surface area contributed by atoms with Gasteiger partial charge in [0.15, 0.2) is 5.88 Å². The molecule has 0 aromatic rings. The predicted octanol–water partition coefficient (Wildman–Crippen LogP) is 0.512. The van der Waals surface area contributed by atoms with E-state index in [1.807, 2.05) is 23.9 Å². The van der Waals surface area contributed by atoms with Crippen LogP contribution in [0, 0.1) is 0 Å². The summed E-state index contributed by atoms with van der Waals surface area (Å²) in [5.74, 6) is 1.40. The van der Waals surface area contributed by atoms with E-state index in [1.165, 1.54) is 0 Å². The second-order valence-corrected chi connectivity index (χ2v) is 3.81. The van der Waals surface area contributed by atoms with Crippen LogP contribution in [0.3, 0.4) is 0 Å². The van der Waals surface area contributed by atoms with Crippen LogP contribution >= 0.6 is 0 Å². The number of nitrogens with zero attached hydrogens (tertiary/aromatic N) is 2. The van der Waals surface area contributed by atoms with E-state index in [-0.39, 0.29) is 0 Å². The summed E-state index contributed by atoms with van der Waals surface area (Å²) in [4.78, 5) is 3.72. The Labute approximate surface area is 70.2 Å². The zero-order chi connectivity index (χ0) is 8.43. The molecule has 1 heterocycles. The Morgan fingerprint density at radius 3 is 2.91 bits per heavy atom. The first-order valence-corrected chi connectivity index (χ1v) is 4.68. The Hall–Kier alpha value is -0.610. The Bertz CT molecular complexity index is 193. The second-order valence-electron chi connectivity index (χ2n) is 2.52. The molecule has 0 amide bonds. The Morgan fingerprint density at radius 2 is 2.27 bits per heavy atom. The quantitative estimate of drug-likeness (QED) is 0.499. The van der Waals surface area contributed by atoms with E-state index in [0.717, 1.165) is 5.82 Å². The van der Waals surface area contributed by atoms with Crippen molar-refractivity contribution >= 4 is 11.2 Å². The molecule has 0 N–H and O–H groups in total. The summed E-state index contributed by atoms with van der Waals surface area (Å²) in [5, 5.41) is 1.68. The number of hydrogen-bond donors (Lipinski definition) is 0. The van der Waals surface area contributed by atoms with E-state index >= 15 is 0 Å². The minimum atomic E-state index is -0.886. The van der Waals surface area contributed by atoms with E-state index in [4.69, 9.17) is 0 Å². The summed E-state index contributed by atoms with van der Waals surface area (Å²) in [6.07, 6.45) is 1.78. The van der Waals surface area contributed by atoms with Gasteiger partial charge in [-0.15, -0.1) is 0 Å². The van der Waals surface area contributed by atoms with Gasteiger partial charge in [0.05, 0.1) is 6.20 Å². The summed E-state index contributed by atoms with van der Waals surface area (Å²) in [7, 11) is 3.77. The third-order valence-electron chi connectivity index (χ3n) is 1.60. The van der Waals surface area contributed by atoms with E-state index in [0.29, 0.717) is 5.88 Å². The van der Waals surface area contributed by atoms with Gasteiger partial charge >= 0.3 is 0 Å². The Balaban J connectivity index is 2.73. The second kappa shape index (κ2) is 3.19. The van der Waals surface area contributed by atoms with Crippen molar-refractivity contribution in [3.05, 3.63) is 24.0 Å². The molecule has 0 saturated heterocycles. The van der Waals surface area contributed by atoms with Crippen molar-refractivity contribution in [3.63, 3.8) is 0 Å². The van der Waals surface area contributed by atoms with Crippen LogP contribution in [0.4, 0.5) is 0 Å². The predicted molar refractivity (Wildman–Crippen MR) is 46.8 cm³/mol. The van der Waals surface area contributed by atoms with Crippen molar-refractivity contribution in [2.24, 2.45) is 0 Å². The summed E-state index contributed by atoms with van der Waals surface area (Å²) < 4.78 is 11.1. The summed E-state index contributed by atoms with van der Waals surface area (Å²) >= 11 is -0.886. The molecular formula is C7H12N2OS. The van der Waals surface area contributed by atoms with Gasteiger partial charge in [-0.2, -0.15) is 0 Å². The van der Waals surface area contributed by atoms with Crippen molar-refractivity contribution in [3.8, 4) is 0 Å². The molecule has 1 aliphatic heterocycles. The maximum absolute atomic E-state index is 11.1. The maximum Gasteiger partial charge on any atom is 0.184 e. The highest BCUT2D eigenvalue weighted by Crippen LogP contribution is 2.12. The standard InChI is InChI=1S/C7H12N2OS/c1-7-8(2)4-5-11(10)6-9(7)3/h4-5H,1,6H2,2-3H3. The van der Waals surface area contributed by atoms with Crippen molar-refractivity contribution in [1.82, 2.24) is 9.80 Å². The minimum absolute atomic E-state index is 0.527.